The molecule has 2 nitrogen and oxygen atoms in total. The van der Waals surface area contributed by atoms with Gasteiger partial charge in [-0.15, -0.1) is 0 Å². The number of carbonyl (C=O) groups is 2. The standard InChI is InChI=1S/C23H32O2/c1-21-10-7-17(25)12-15(21)5-6-18-19(21)8-11-22(2)20(18)13-16-4-3-9-23(16,22)14-24/h12,14,16,18-20H,3-11,13H2,1-2H3/t16?,18?,19?,20?,21-,22-,23?/m0/s1/i3T,4T/t3?,4?,16?,18?,19?,20?,21-,22-,23?. The molecule has 0 radical (unpaired) electrons. The molecule has 136 valence electrons. The Morgan fingerprint density at radius 2 is 2.00 bits per heavy atom. The van der Waals surface area contributed by atoms with Gasteiger partial charge in [0.1, 0.15) is 6.29 Å². The van der Waals surface area contributed by atoms with Crippen LogP contribution in [0, 0.1) is 39.9 Å². The summed E-state index contributed by atoms with van der Waals surface area (Å²) < 4.78 is 16.9. The van der Waals surface area contributed by atoms with E-state index >= 15 is 0 Å². The lowest BCUT2D eigenvalue weighted by molar-refractivity contribution is -0.132. The highest BCUT2D eigenvalue weighted by atomic mass is 16.1. The Bertz CT molecular complexity index is 732. The highest BCUT2D eigenvalue weighted by molar-refractivity contribution is 5.91. The van der Waals surface area contributed by atoms with Crippen molar-refractivity contribution in [2.24, 2.45) is 39.9 Å². The minimum Gasteiger partial charge on any atom is -0.303 e. The Morgan fingerprint density at radius 3 is 2.80 bits per heavy atom. The van der Waals surface area contributed by atoms with E-state index in [1.165, 1.54) is 11.9 Å². The van der Waals surface area contributed by atoms with Gasteiger partial charge in [0.25, 0.3) is 0 Å². The molecule has 0 spiro atoms. The van der Waals surface area contributed by atoms with E-state index in [9.17, 15) is 9.59 Å². The average Bonchev–Trinajstić information content (AvgIpc) is 3.05. The Kier molecular flexibility index (Phi) is 2.88. The van der Waals surface area contributed by atoms with Gasteiger partial charge in [0.05, 0.1) is 0 Å². The normalized spacial score (nSPS) is 61.2. The number of rotatable bonds is 1. The molecule has 5 rings (SSSR count). The summed E-state index contributed by atoms with van der Waals surface area (Å²) in [6, 6.07) is 0. The van der Waals surface area contributed by atoms with Crippen molar-refractivity contribution in [3.63, 3.8) is 0 Å². The quantitative estimate of drug-likeness (QED) is 0.619. The molecule has 0 N–H and O–H groups in total. The maximum atomic E-state index is 12.4. The second kappa shape index (κ2) is 5.08. The predicted octanol–water partition coefficient (Wildman–Crippen LogP) is 5.11. The summed E-state index contributed by atoms with van der Waals surface area (Å²) in [5, 5.41) is 0. The van der Waals surface area contributed by atoms with Crippen molar-refractivity contribution < 1.29 is 12.3 Å². The number of allylic oxidation sites excluding steroid dienone is 1. The molecule has 0 aromatic rings. The van der Waals surface area contributed by atoms with Gasteiger partial charge in [-0.1, -0.05) is 25.8 Å². The summed E-state index contributed by atoms with van der Waals surface area (Å²) in [5.41, 5.74) is 1.05. The monoisotopic (exact) mass is 344 g/mol. The minimum absolute atomic E-state index is 0.0439. The summed E-state index contributed by atoms with van der Waals surface area (Å²) in [6.07, 6.45) is 9.90. The molecule has 7 unspecified atom stereocenters. The van der Waals surface area contributed by atoms with Crippen molar-refractivity contribution in [2.75, 3.05) is 0 Å². The second-order valence-corrected chi connectivity index (χ2v) is 10.1. The van der Waals surface area contributed by atoms with Gasteiger partial charge >= 0.3 is 0 Å². The zero-order chi connectivity index (χ0) is 19.2. The molecule has 5 aliphatic carbocycles. The molecule has 0 heterocycles. The van der Waals surface area contributed by atoms with Crippen LogP contribution < -0.4 is 0 Å². The van der Waals surface area contributed by atoms with Crippen LogP contribution in [0.5, 0.6) is 0 Å². The second-order valence-electron chi connectivity index (χ2n) is 10.1. The maximum absolute atomic E-state index is 12.4. The Morgan fingerprint density at radius 1 is 1.16 bits per heavy atom. The molecule has 0 aliphatic heterocycles. The van der Waals surface area contributed by atoms with Gasteiger partial charge in [0.2, 0.25) is 0 Å². The summed E-state index contributed by atoms with van der Waals surface area (Å²) in [5.74, 6) is 2.10. The molecular formula is C23H32O2. The largest absolute Gasteiger partial charge is 0.303 e. The van der Waals surface area contributed by atoms with Crippen molar-refractivity contribution in [3.8, 4) is 0 Å². The predicted molar refractivity (Wildman–Crippen MR) is 97.9 cm³/mol. The highest BCUT2D eigenvalue weighted by Gasteiger charge is 2.68. The van der Waals surface area contributed by atoms with E-state index in [0.29, 0.717) is 36.4 Å². The number of fused-ring (bicyclic) bond motifs is 7. The molecule has 0 amide bonds. The molecule has 25 heavy (non-hydrogen) atoms. The van der Waals surface area contributed by atoms with Crippen molar-refractivity contribution in [1.29, 1.82) is 0 Å². The van der Waals surface area contributed by atoms with Gasteiger partial charge in [0.15, 0.2) is 5.78 Å². The zero-order valence-electron chi connectivity index (χ0n) is 17.6. The fourth-order valence-corrected chi connectivity index (χ4v) is 8.13. The lowest BCUT2D eigenvalue weighted by Gasteiger charge is -2.59. The van der Waals surface area contributed by atoms with Crippen molar-refractivity contribution in [2.45, 2.75) is 78.0 Å². The van der Waals surface area contributed by atoms with Crippen LogP contribution in [-0.2, 0) is 9.59 Å². The third kappa shape index (κ3) is 1.82. The van der Waals surface area contributed by atoms with Gasteiger partial charge < -0.3 is 4.79 Å². The number of hydrogen-bond donors (Lipinski definition) is 0. The summed E-state index contributed by atoms with van der Waals surface area (Å²) in [6.45, 7) is 4.72. The van der Waals surface area contributed by atoms with Gasteiger partial charge in [-0.05, 0) is 91.9 Å². The molecular weight excluding hydrogens is 308 g/mol. The first-order valence-corrected chi connectivity index (χ1v) is 10.3. The van der Waals surface area contributed by atoms with Crippen LogP contribution in [0.3, 0.4) is 0 Å². The zero-order valence-corrected chi connectivity index (χ0v) is 15.6. The molecule has 0 aromatic heterocycles. The van der Waals surface area contributed by atoms with Gasteiger partial charge in [-0.25, -0.2) is 0 Å². The molecule has 9 atom stereocenters. The van der Waals surface area contributed by atoms with Crippen molar-refractivity contribution >= 4 is 12.1 Å². The van der Waals surface area contributed by atoms with E-state index < -0.39 is 18.2 Å². The first-order chi connectivity index (χ1) is 12.8. The molecule has 0 saturated heterocycles. The molecule has 0 bridgehead atoms. The van der Waals surface area contributed by atoms with Crippen molar-refractivity contribution in [1.82, 2.24) is 0 Å². The fourth-order valence-electron chi connectivity index (χ4n) is 8.13. The lowest BCUT2D eigenvalue weighted by atomic mass is 9.45. The maximum Gasteiger partial charge on any atom is 0.155 e. The molecule has 4 saturated carbocycles. The Hall–Kier alpha value is -0.920. The molecule has 0 aromatic carbocycles. The van der Waals surface area contributed by atoms with Crippen LogP contribution in [-0.4, -0.2) is 12.1 Å². The first-order valence-electron chi connectivity index (χ1n) is 11.5. The average molecular weight is 345 g/mol. The third-order valence-corrected chi connectivity index (χ3v) is 9.62. The van der Waals surface area contributed by atoms with Crippen LogP contribution in [0.15, 0.2) is 11.6 Å². The van der Waals surface area contributed by atoms with Gasteiger partial charge in [0, 0.05) is 14.6 Å². The lowest BCUT2D eigenvalue weighted by Crippen LogP contribution is -2.53. The SMILES string of the molecule is [3H]C1CC2(C=O)C(CC3C4CCC5=CC(=O)CC[C@]5(C)C4CC[C@@]32C)C1[3H]. The van der Waals surface area contributed by atoms with Gasteiger partial charge in [-0.2, -0.15) is 0 Å². The van der Waals surface area contributed by atoms with Crippen LogP contribution in [0.4, 0.5) is 0 Å². The Labute approximate surface area is 154 Å². The fraction of sp³-hybridized carbons (Fsp3) is 0.826. The summed E-state index contributed by atoms with van der Waals surface area (Å²) in [7, 11) is 0. The highest BCUT2D eigenvalue weighted by Crippen LogP contribution is 2.73. The molecule has 5 aliphatic rings. The minimum atomic E-state index is -0.443. The number of carbonyl (C=O) groups excluding carboxylic acids is 2. The van der Waals surface area contributed by atoms with Crippen LogP contribution >= 0.6 is 0 Å². The van der Waals surface area contributed by atoms with E-state index in [0.717, 1.165) is 38.5 Å². The molecule has 2 heteroatoms. The molecule has 4 fully saturated rings. The van der Waals surface area contributed by atoms with Gasteiger partial charge in [-0.3, -0.25) is 4.79 Å². The third-order valence-electron chi connectivity index (χ3n) is 9.62. The van der Waals surface area contributed by atoms with E-state index in [-0.39, 0.29) is 16.7 Å². The van der Waals surface area contributed by atoms with Crippen LogP contribution in [0.2, 0.25) is 0 Å². The number of hydrogen-bond acceptors (Lipinski definition) is 2. The summed E-state index contributed by atoms with van der Waals surface area (Å²) >= 11 is 0. The van der Waals surface area contributed by atoms with Crippen LogP contribution in [0.1, 0.15) is 80.7 Å². The summed E-state index contributed by atoms with van der Waals surface area (Å²) in [4.78, 5) is 24.4. The first kappa shape index (κ1) is 14.2. The van der Waals surface area contributed by atoms with E-state index in [1.54, 1.807) is 0 Å². The van der Waals surface area contributed by atoms with E-state index in [4.69, 9.17) is 2.74 Å². The number of ketones is 1. The van der Waals surface area contributed by atoms with E-state index in [2.05, 4.69) is 13.8 Å². The Balaban J connectivity index is 1.53. The topological polar surface area (TPSA) is 34.1 Å². The number of aldehydes is 1. The smallest absolute Gasteiger partial charge is 0.155 e. The van der Waals surface area contributed by atoms with Crippen LogP contribution in [0.25, 0.3) is 0 Å². The van der Waals surface area contributed by atoms with Crippen molar-refractivity contribution in [3.05, 3.63) is 11.6 Å². The van der Waals surface area contributed by atoms with E-state index in [1.807, 2.05) is 6.08 Å².